The predicted molar refractivity (Wildman–Crippen MR) is 66.6 cm³/mol. The van der Waals surface area contributed by atoms with Gasteiger partial charge >= 0.3 is 0 Å². The molecule has 1 aliphatic rings. The van der Waals surface area contributed by atoms with Crippen LogP contribution in [0, 0.1) is 17.7 Å². The Bertz CT molecular complexity index is 430. The summed E-state index contributed by atoms with van der Waals surface area (Å²) in [6.07, 6.45) is 3.65. The van der Waals surface area contributed by atoms with Gasteiger partial charge in [-0.15, -0.1) is 0 Å². The Labute approximate surface area is 106 Å². The molecule has 1 fully saturated rings. The van der Waals surface area contributed by atoms with Gasteiger partial charge in [0.2, 0.25) is 0 Å². The zero-order valence-corrected chi connectivity index (χ0v) is 10.6. The number of hydrogen-bond acceptors (Lipinski definition) is 1. The van der Waals surface area contributed by atoms with Crippen LogP contribution in [0.1, 0.15) is 31.7 Å². The molecule has 0 spiro atoms. The molecular weight excluding hydrogens is 239 g/mol. The average Bonchev–Trinajstić information content (AvgIpc) is 2.70. The molecule has 17 heavy (non-hydrogen) atoms. The van der Waals surface area contributed by atoms with Crippen molar-refractivity contribution in [2.75, 3.05) is 0 Å². The maximum Gasteiger partial charge on any atom is 0.141 e. The van der Waals surface area contributed by atoms with E-state index in [-0.39, 0.29) is 16.7 Å². The lowest BCUT2D eigenvalue weighted by Crippen LogP contribution is -2.19. The molecule has 92 valence electrons. The highest BCUT2D eigenvalue weighted by atomic mass is 35.5. The maximum absolute atomic E-state index is 13.0. The van der Waals surface area contributed by atoms with E-state index >= 15 is 0 Å². The zero-order valence-electron chi connectivity index (χ0n) is 9.88. The van der Waals surface area contributed by atoms with Crippen LogP contribution in [-0.2, 0) is 11.2 Å². The molecule has 2 atom stereocenters. The van der Waals surface area contributed by atoms with Gasteiger partial charge in [-0.05, 0) is 36.5 Å². The molecule has 2 rings (SSSR count). The SMILES string of the molecule is CC1CCCC1C(=O)Cc1ccc(F)c(Cl)c1. The third kappa shape index (κ3) is 2.86. The van der Waals surface area contributed by atoms with Crippen LogP contribution in [0.25, 0.3) is 0 Å². The monoisotopic (exact) mass is 254 g/mol. The van der Waals surface area contributed by atoms with Crippen molar-refractivity contribution in [2.45, 2.75) is 32.6 Å². The van der Waals surface area contributed by atoms with Crippen molar-refractivity contribution in [3.05, 3.63) is 34.6 Å². The summed E-state index contributed by atoms with van der Waals surface area (Å²) in [5.74, 6) is 0.493. The summed E-state index contributed by atoms with van der Waals surface area (Å²) in [7, 11) is 0. The van der Waals surface area contributed by atoms with Gasteiger partial charge in [0.1, 0.15) is 11.6 Å². The van der Waals surface area contributed by atoms with Crippen molar-refractivity contribution in [3.8, 4) is 0 Å². The second-order valence-electron chi connectivity index (χ2n) is 4.91. The number of rotatable bonds is 3. The van der Waals surface area contributed by atoms with Crippen molar-refractivity contribution < 1.29 is 9.18 Å². The molecule has 0 radical (unpaired) electrons. The van der Waals surface area contributed by atoms with Crippen molar-refractivity contribution >= 4 is 17.4 Å². The van der Waals surface area contributed by atoms with Crippen molar-refractivity contribution in [2.24, 2.45) is 11.8 Å². The van der Waals surface area contributed by atoms with Gasteiger partial charge in [0, 0.05) is 12.3 Å². The van der Waals surface area contributed by atoms with Gasteiger partial charge in [-0.2, -0.15) is 0 Å². The van der Waals surface area contributed by atoms with E-state index in [2.05, 4.69) is 6.92 Å². The van der Waals surface area contributed by atoms with Crippen LogP contribution < -0.4 is 0 Å². The van der Waals surface area contributed by atoms with Crippen LogP contribution in [0.4, 0.5) is 4.39 Å². The largest absolute Gasteiger partial charge is 0.299 e. The first-order valence-corrected chi connectivity index (χ1v) is 6.42. The molecule has 0 saturated heterocycles. The number of carbonyl (C=O) groups excluding carboxylic acids is 1. The summed E-state index contributed by atoms with van der Waals surface area (Å²) >= 11 is 5.70. The first-order chi connectivity index (χ1) is 8.08. The smallest absolute Gasteiger partial charge is 0.141 e. The first-order valence-electron chi connectivity index (χ1n) is 6.04. The second kappa shape index (κ2) is 5.18. The number of hydrogen-bond donors (Lipinski definition) is 0. The lowest BCUT2D eigenvalue weighted by atomic mass is 9.90. The molecular formula is C14H16ClFO. The summed E-state index contributed by atoms with van der Waals surface area (Å²) in [6.45, 7) is 2.13. The molecule has 1 nitrogen and oxygen atoms in total. The molecule has 0 N–H and O–H groups in total. The number of Topliss-reactive ketones (excluding diaryl/α,β-unsaturated/α-hetero) is 1. The molecule has 0 amide bonds. The minimum absolute atomic E-state index is 0.0924. The Morgan fingerprint density at radius 1 is 1.47 bits per heavy atom. The quantitative estimate of drug-likeness (QED) is 0.796. The van der Waals surface area contributed by atoms with Gasteiger partial charge in [0.05, 0.1) is 5.02 Å². The topological polar surface area (TPSA) is 17.1 Å². The molecule has 0 aromatic heterocycles. The van der Waals surface area contributed by atoms with Crippen molar-refractivity contribution in [1.82, 2.24) is 0 Å². The number of halogens is 2. The highest BCUT2D eigenvalue weighted by Gasteiger charge is 2.29. The van der Waals surface area contributed by atoms with Crippen LogP contribution >= 0.6 is 11.6 Å². The molecule has 0 aliphatic heterocycles. The molecule has 1 aromatic carbocycles. The zero-order chi connectivity index (χ0) is 12.4. The van der Waals surface area contributed by atoms with E-state index < -0.39 is 5.82 Å². The standard InChI is InChI=1S/C14H16ClFO/c1-9-3-2-4-11(9)14(17)8-10-5-6-13(16)12(15)7-10/h5-7,9,11H,2-4,8H2,1H3. The minimum Gasteiger partial charge on any atom is -0.299 e. The number of ketones is 1. The van der Waals surface area contributed by atoms with Crippen LogP contribution in [0.15, 0.2) is 18.2 Å². The molecule has 2 unspecified atom stereocenters. The average molecular weight is 255 g/mol. The van der Waals surface area contributed by atoms with Crippen molar-refractivity contribution in [1.29, 1.82) is 0 Å². The van der Waals surface area contributed by atoms with E-state index in [0.29, 0.717) is 12.3 Å². The second-order valence-corrected chi connectivity index (χ2v) is 5.31. The Morgan fingerprint density at radius 2 is 2.24 bits per heavy atom. The Balaban J connectivity index is 2.05. The van der Waals surface area contributed by atoms with E-state index in [1.165, 1.54) is 6.07 Å². The van der Waals surface area contributed by atoms with Crippen LogP contribution in [0.3, 0.4) is 0 Å². The van der Waals surface area contributed by atoms with Gasteiger partial charge in [0.25, 0.3) is 0 Å². The summed E-state index contributed by atoms with van der Waals surface area (Å²) in [5.41, 5.74) is 0.806. The van der Waals surface area contributed by atoms with Gasteiger partial charge in [0.15, 0.2) is 0 Å². The highest BCUT2D eigenvalue weighted by molar-refractivity contribution is 6.30. The van der Waals surface area contributed by atoms with Gasteiger partial charge in [-0.25, -0.2) is 4.39 Å². The molecule has 1 aliphatic carbocycles. The van der Waals surface area contributed by atoms with Crippen LogP contribution in [-0.4, -0.2) is 5.78 Å². The fourth-order valence-electron chi connectivity index (χ4n) is 2.61. The van der Waals surface area contributed by atoms with E-state index in [9.17, 15) is 9.18 Å². The lowest BCUT2D eigenvalue weighted by molar-refractivity contribution is -0.123. The third-order valence-electron chi connectivity index (χ3n) is 3.64. The first kappa shape index (κ1) is 12.6. The van der Waals surface area contributed by atoms with Gasteiger partial charge in [-0.3, -0.25) is 4.79 Å². The predicted octanol–water partition coefficient (Wildman–Crippen LogP) is 4.03. The molecule has 0 heterocycles. The Hall–Kier alpha value is -0.890. The van der Waals surface area contributed by atoms with E-state index in [4.69, 9.17) is 11.6 Å². The summed E-state index contributed by atoms with van der Waals surface area (Å²) in [4.78, 5) is 12.1. The maximum atomic E-state index is 13.0. The highest BCUT2D eigenvalue weighted by Crippen LogP contribution is 2.32. The molecule has 1 saturated carbocycles. The summed E-state index contributed by atoms with van der Waals surface area (Å²) in [5, 5.41) is 0.0924. The summed E-state index contributed by atoms with van der Waals surface area (Å²) in [6, 6.07) is 4.51. The van der Waals surface area contributed by atoms with Gasteiger partial charge < -0.3 is 0 Å². The van der Waals surface area contributed by atoms with Crippen LogP contribution in [0.5, 0.6) is 0 Å². The normalized spacial score (nSPS) is 23.9. The number of carbonyl (C=O) groups is 1. The van der Waals surface area contributed by atoms with E-state index in [1.807, 2.05) is 0 Å². The fraction of sp³-hybridized carbons (Fsp3) is 0.500. The number of benzene rings is 1. The molecule has 3 heteroatoms. The van der Waals surface area contributed by atoms with E-state index in [1.54, 1.807) is 12.1 Å². The molecule has 1 aromatic rings. The van der Waals surface area contributed by atoms with E-state index in [0.717, 1.165) is 24.8 Å². The molecule has 0 bridgehead atoms. The third-order valence-corrected chi connectivity index (χ3v) is 3.93. The Kier molecular flexibility index (Phi) is 3.82. The van der Waals surface area contributed by atoms with Gasteiger partial charge in [-0.1, -0.05) is 31.0 Å². The summed E-state index contributed by atoms with van der Waals surface area (Å²) < 4.78 is 13.0. The van der Waals surface area contributed by atoms with Crippen LogP contribution in [0.2, 0.25) is 5.02 Å². The van der Waals surface area contributed by atoms with Crippen molar-refractivity contribution in [3.63, 3.8) is 0 Å². The minimum atomic E-state index is -0.433. The lowest BCUT2D eigenvalue weighted by Gasteiger charge is -2.13. The fourth-order valence-corrected chi connectivity index (χ4v) is 2.81. The Morgan fingerprint density at radius 3 is 2.82 bits per heavy atom.